The molecule has 0 fully saturated rings. The monoisotopic (exact) mass is 472 g/mol. The highest BCUT2D eigenvalue weighted by Crippen LogP contribution is 2.30. The molecular formula is C21H21ClN6O3S. The highest BCUT2D eigenvalue weighted by molar-refractivity contribution is 7.14. The van der Waals surface area contributed by atoms with Gasteiger partial charge in [-0.05, 0) is 35.7 Å². The standard InChI is InChI=1S/C21H21ClN6O3S/c1-5-13-6-8-15(9-7-13)28(12(2)29)20-23-14(11-32-20)10-27-16-17(24-19(27)22)25(3)21(31)26(4)18(16)30/h6-9,11H,5,10H2,1-4H3. The molecule has 11 heteroatoms. The molecule has 1 aromatic carbocycles. The number of thiazole rings is 1. The first kappa shape index (κ1) is 22.0. The lowest BCUT2D eigenvalue weighted by Crippen LogP contribution is -2.37. The Morgan fingerprint density at radius 1 is 1.12 bits per heavy atom. The van der Waals surface area contributed by atoms with Gasteiger partial charge >= 0.3 is 5.69 Å². The highest BCUT2D eigenvalue weighted by atomic mass is 35.5. The molecule has 3 aromatic heterocycles. The van der Waals surface area contributed by atoms with Gasteiger partial charge in [0, 0.05) is 26.4 Å². The minimum atomic E-state index is -0.487. The second-order valence-electron chi connectivity index (χ2n) is 7.34. The maximum atomic E-state index is 12.7. The molecular weight excluding hydrogens is 452 g/mol. The topological polar surface area (TPSA) is 95.0 Å². The van der Waals surface area contributed by atoms with Crippen molar-refractivity contribution in [3.05, 3.63) is 67.0 Å². The van der Waals surface area contributed by atoms with Crippen LogP contribution in [0.3, 0.4) is 0 Å². The highest BCUT2D eigenvalue weighted by Gasteiger charge is 2.21. The molecule has 32 heavy (non-hydrogen) atoms. The van der Waals surface area contributed by atoms with Crippen molar-refractivity contribution in [2.45, 2.75) is 26.8 Å². The zero-order valence-corrected chi connectivity index (χ0v) is 19.6. The van der Waals surface area contributed by atoms with E-state index in [-0.39, 0.29) is 28.9 Å². The van der Waals surface area contributed by atoms with E-state index in [2.05, 4.69) is 16.9 Å². The van der Waals surface area contributed by atoms with E-state index >= 15 is 0 Å². The van der Waals surface area contributed by atoms with Gasteiger partial charge in [-0.25, -0.2) is 9.78 Å². The summed E-state index contributed by atoms with van der Waals surface area (Å²) in [5.41, 5.74) is 1.97. The molecule has 4 rings (SSSR count). The molecule has 0 aliphatic carbocycles. The number of nitrogens with zero attached hydrogens (tertiary/aromatic N) is 6. The van der Waals surface area contributed by atoms with Crippen LogP contribution in [0.5, 0.6) is 0 Å². The lowest BCUT2D eigenvalue weighted by atomic mass is 10.1. The van der Waals surface area contributed by atoms with E-state index in [0.29, 0.717) is 10.8 Å². The number of hydrogen-bond donors (Lipinski definition) is 0. The Balaban J connectivity index is 1.74. The Hall–Kier alpha value is -3.24. The van der Waals surface area contributed by atoms with E-state index in [4.69, 9.17) is 11.6 Å². The second kappa shape index (κ2) is 8.36. The lowest BCUT2D eigenvalue weighted by molar-refractivity contribution is -0.115. The third-order valence-electron chi connectivity index (χ3n) is 5.27. The summed E-state index contributed by atoms with van der Waals surface area (Å²) >= 11 is 7.63. The van der Waals surface area contributed by atoms with Crippen molar-refractivity contribution in [2.75, 3.05) is 4.90 Å². The first-order valence-electron chi connectivity index (χ1n) is 9.88. The SMILES string of the molecule is CCc1ccc(N(C(C)=O)c2nc(Cn3c(Cl)nc4c3c(=O)n(C)c(=O)n4C)cs2)cc1. The van der Waals surface area contributed by atoms with Crippen LogP contribution >= 0.6 is 22.9 Å². The Labute approximate surface area is 192 Å². The number of imidazole rings is 1. The molecule has 4 aromatic rings. The van der Waals surface area contributed by atoms with Crippen LogP contribution in [-0.4, -0.2) is 29.6 Å². The predicted octanol–water partition coefficient (Wildman–Crippen LogP) is 2.84. The summed E-state index contributed by atoms with van der Waals surface area (Å²) in [7, 11) is 2.94. The van der Waals surface area contributed by atoms with Gasteiger partial charge in [-0.15, -0.1) is 11.3 Å². The van der Waals surface area contributed by atoms with Gasteiger partial charge in [-0.3, -0.25) is 23.6 Å². The molecule has 166 valence electrons. The number of hydrogen-bond acceptors (Lipinski definition) is 6. The number of halogens is 1. The molecule has 0 saturated carbocycles. The molecule has 0 unspecified atom stereocenters. The fourth-order valence-corrected chi connectivity index (χ4v) is 4.61. The van der Waals surface area contributed by atoms with Crippen LogP contribution in [0, 0.1) is 0 Å². The average molecular weight is 473 g/mol. The van der Waals surface area contributed by atoms with Crippen LogP contribution in [0.2, 0.25) is 5.28 Å². The summed E-state index contributed by atoms with van der Waals surface area (Å²) in [4.78, 5) is 47.6. The molecule has 9 nitrogen and oxygen atoms in total. The number of fused-ring (bicyclic) bond motifs is 1. The van der Waals surface area contributed by atoms with Gasteiger partial charge in [0.15, 0.2) is 16.3 Å². The van der Waals surface area contributed by atoms with Crippen molar-refractivity contribution in [1.29, 1.82) is 0 Å². The summed E-state index contributed by atoms with van der Waals surface area (Å²) in [6.07, 6.45) is 0.909. The number of amides is 1. The molecule has 0 aliphatic heterocycles. The number of anilines is 2. The average Bonchev–Trinajstić information content (AvgIpc) is 3.36. The minimum absolute atomic E-state index is 0.0754. The normalized spacial score (nSPS) is 11.3. The van der Waals surface area contributed by atoms with Crippen molar-refractivity contribution in [1.82, 2.24) is 23.7 Å². The van der Waals surface area contributed by atoms with E-state index in [1.807, 2.05) is 24.3 Å². The molecule has 0 atom stereocenters. The summed E-state index contributed by atoms with van der Waals surface area (Å²) in [6, 6.07) is 7.76. The van der Waals surface area contributed by atoms with Gasteiger partial charge in [0.1, 0.15) is 0 Å². The number of aromatic nitrogens is 5. The van der Waals surface area contributed by atoms with Crippen LogP contribution in [-0.2, 0) is 31.9 Å². The van der Waals surface area contributed by atoms with Crippen LogP contribution in [0.15, 0.2) is 39.2 Å². The zero-order chi connectivity index (χ0) is 23.2. The number of rotatable bonds is 5. The number of carbonyl (C=O) groups excluding carboxylic acids is 1. The maximum absolute atomic E-state index is 12.7. The first-order valence-corrected chi connectivity index (χ1v) is 11.1. The minimum Gasteiger partial charge on any atom is -0.303 e. The zero-order valence-electron chi connectivity index (χ0n) is 18.0. The summed E-state index contributed by atoms with van der Waals surface area (Å²) < 4.78 is 3.81. The molecule has 0 spiro atoms. The summed E-state index contributed by atoms with van der Waals surface area (Å²) in [6.45, 7) is 3.72. The first-order chi connectivity index (χ1) is 15.2. The van der Waals surface area contributed by atoms with Crippen molar-refractivity contribution >= 4 is 50.8 Å². The van der Waals surface area contributed by atoms with Gasteiger partial charge in [0.05, 0.1) is 17.9 Å². The second-order valence-corrected chi connectivity index (χ2v) is 8.52. The van der Waals surface area contributed by atoms with E-state index in [0.717, 1.165) is 16.7 Å². The lowest BCUT2D eigenvalue weighted by Gasteiger charge is -2.18. The van der Waals surface area contributed by atoms with Gasteiger partial charge in [0.25, 0.3) is 5.56 Å². The van der Waals surface area contributed by atoms with Crippen LogP contribution in [0.25, 0.3) is 11.2 Å². The van der Waals surface area contributed by atoms with Crippen LogP contribution in [0.4, 0.5) is 10.8 Å². The quantitative estimate of drug-likeness (QED) is 0.416. The molecule has 0 bridgehead atoms. The van der Waals surface area contributed by atoms with Crippen molar-refractivity contribution in [2.24, 2.45) is 14.1 Å². The van der Waals surface area contributed by atoms with Crippen molar-refractivity contribution < 1.29 is 4.79 Å². The van der Waals surface area contributed by atoms with Crippen LogP contribution < -0.4 is 16.1 Å². The maximum Gasteiger partial charge on any atom is 0.332 e. The third-order valence-corrected chi connectivity index (χ3v) is 6.43. The molecule has 0 radical (unpaired) electrons. The van der Waals surface area contributed by atoms with Gasteiger partial charge < -0.3 is 4.57 Å². The number of aryl methyl sites for hydroxylation is 2. The van der Waals surface area contributed by atoms with Crippen molar-refractivity contribution in [3.63, 3.8) is 0 Å². The fraction of sp³-hybridized carbons (Fsp3) is 0.286. The van der Waals surface area contributed by atoms with E-state index < -0.39 is 11.2 Å². The van der Waals surface area contributed by atoms with Gasteiger partial charge in [-0.1, -0.05) is 19.1 Å². The Morgan fingerprint density at radius 2 is 1.81 bits per heavy atom. The molecule has 0 N–H and O–H groups in total. The Morgan fingerprint density at radius 3 is 2.44 bits per heavy atom. The molecule has 1 amide bonds. The number of carbonyl (C=O) groups is 1. The molecule has 3 heterocycles. The van der Waals surface area contributed by atoms with E-state index in [1.165, 1.54) is 47.1 Å². The predicted molar refractivity (Wildman–Crippen MR) is 125 cm³/mol. The van der Waals surface area contributed by atoms with Crippen molar-refractivity contribution in [3.8, 4) is 0 Å². The van der Waals surface area contributed by atoms with Crippen LogP contribution in [0.1, 0.15) is 25.1 Å². The largest absolute Gasteiger partial charge is 0.332 e. The summed E-state index contributed by atoms with van der Waals surface area (Å²) in [5, 5.41) is 2.39. The Kier molecular flexibility index (Phi) is 5.74. The third kappa shape index (κ3) is 3.65. The molecule has 0 saturated heterocycles. The van der Waals surface area contributed by atoms with Gasteiger partial charge in [0.2, 0.25) is 11.2 Å². The van der Waals surface area contributed by atoms with E-state index in [1.54, 1.807) is 10.3 Å². The smallest absolute Gasteiger partial charge is 0.303 e. The summed E-state index contributed by atoms with van der Waals surface area (Å²) in [5.74, 6) is -0.162. The fourth-order valence-electron chi connectivity index (χ4n) is 3.51. The van der Waals surface area contributed by atoms with Gasteiger partial charge in [-0.2, -0.15) is 4.98 Å². The number of benzene rings is 1. The molecule has 0 aliphatic rings. The van der Waals surface area contributed by atoms with E-state index in [9.17, 15) is 14.4 Å². The Bertz CT molecular complexity index is 1450.